The van der Waals surface area contributed by atoms with Gasteiger partial charge in [0.25, 0.3) is 0 Å². The molecule has 1 aromatic carbocycles. The number of hydrogen-bond acceptors (Lipinski definition) is 2. The molecule has 1 heterocycles. The Hall–Kier alpha value is -1.61. The summed E-state index contributed by atoms with van der Waals surface area (Å²) in [5, 5.41) is 9.08. The van der Waals surface area contributed by atoms with Crippen LogP contribution in [0.3, 0.4) is 0 Å². The summed E-state index contributed by atoms with van der Waals surface area (Å²) in [7, 11) is 0. The largest absolute Gasteiger partial charge is 0.396 e. The molecule has 1 saturated heterocycles. The van der Waals surface area contributed by atoms with E-state index in [1.54, 1.807) is 11.0 Å². The number of aliphatic hydroxyl groups excluding tert-OH is 1. The van der Waals surface area contributed by atoms with Crippen LogP contribution in [0.25, 0.3) is 6.08 Å². The molecule has 1 fully saturated rings. The van der Waals surface area contributed by atoms with Gasteiger partial charge < -0.3 is 10.0 Å². The van der Waals surface area contributed by atoms with Gasteiger partial charge in [-0.2, -0.15) is 0 Å². The van der Waals surface area contributed by atoms with Gasteiger partial charge in [-0.3, -0.25) is 4.79 Å². The minimum atomic E-state index is 0.0379. The van der Waals surface area contributed by atoms with Gasteiger partial charge in [0.2, 0.25) is 5.91 Å². The monoisotopic (exact) mass is 259 g/mol. The van der Waals surface area contributed by atoms with Crippen LogP contribution in [0.5, 0.6) is 0 Å². The van der Waals surface area contributed by atoms with Gasteiger partial charge in [0.05, 0.1) is 0 Å². The van der Waals surface area contributed by atoms with Gasteiger partial charge in [-0.05, 0) is 37.5 Å². The maximum absolute atomic E-state index is 12.0. The molecule has 2 rings (SSSR count). The van der Waals surface area contributed by atoms with E-state index in [4.69, 9.17) is 5.11 Å². The molecule has 1 amide bonds. The first-order valence-corrected chi connectivity index (χ1v) is 6.75. The van der Waals surface area contributed by atoms with E-state index in [2.05, 4.69) is 26.0 Å². The predicted octanol–water partition coefficient (Wildman–Crippen LogP) is 2.16. The number of nitrogens with zero attached hydrogens (tertiary/aromatic N) is 1. The average molecular weight is 259 g/mol. The minimum absolute atomic E-state index is 0.0379. The number of hydrogen-bond donors (Lipinski definition) is 1. The van der Waals surface area contributed by atoms with Crippen molar-refractivity contribution in [2.75, 3.05) is 19.7 Å². The summed E-state index contributed by atoms with van der Waals surface area (Å²) in [6, 6.07) is 6.20. The zero-order chi connectivity index (χ0) is 13.8. The number of carbonyl (C=O) groups is 1. The van der Waals surface area contributed by atoms with Crippen molar-refractivity contribution in [3.8, 4) is 0 Å². The van der Waals surface area contributed by atoms with Crippen LogP contribution < -0.4 is 0 Å². The lowest BCUT2D eigenvalue weighted by Crippen LogP contribution is -2.27. The van der Waals surface area contributed by atoms with Crippen LogP contribution >= 0.6 is 0 Å². The fourth-order valence-corrected chi connectivity index (χ4v) is 2.46. The normalized spacial score (nSPS) is 19.3. The first-order chi connectivity index (χ1) is 9.10. The van der Waals surface area contributed by atoms with E-state index in [0.717, 1.165) is 18.5 Å². The Morgan fingerprint density at radius 3 is 2.89 bits per heavy atom. The Balaban J connectivity index is 2.00. The minimum Gasteiger partial charge on any atom is -0.396 e. The van der Waals surface area contributed by atoms with Crippen LogP contribution in [0.4, 0.5) is 0 Å². The number of aryl methyl sites for hydroxylation is 2. The second-order valence-electron chi connectivity index (χ2n) is 5.31. The van der Waals surface area contributed by atoms with Crippen LogP contribution in [0.15, 0.2) is 24.3 Å². The molecule has 3 nitrogen and oxygen atoms in total. The smallest absolute Gasteiger partial charge is 0.246 e. The summed E-state index contributed by atoms with van der Waals surface area (Å²) >= 11 is 0. The molecule has 1 aromatic rings. The molecule has 1 unspecified atom stereocenters. The van der Waals surface area contributed by atoms with Crippen molar-refractivity contribution in [3.05, 3.63) is 41.0 Å². The van der Waals surface area contributed by atoms with Crippen LogP contribution in [0.1, 0.15) is 23.1 Å². The van der Waals surface area contributed by atoms with Gasteiger partial charge in [-0.15, -0.1) is 0 Å². The lowest BCUT2D eigenvalue weighted by Gasteiger charge is -2.13. The van der Waals surface area contributed by atoms with E-state index in [-0.39, 0.29) is 18.4 Å². The first kappa shape index (κ1) is 13.8. The highest BCUT2D eigenvalue weighted by molar-refractivity contribution is 5.92. The van der Waals surface area contributed by atoms with Crippen molar-refractivity contribution in [3.63, 3.8) is 0 Å². The molecule has 0 radical (unpaired) electrons. The Kier molecular flexibility index (Phi) is 4.38. The molecule has 102 valence electrons. The molecule has 3 heteroatoms. The molecular formula is C16H21NO2. The molecule has 1 aliphatic rings. The first-order valence-electron chi connectivity index (χ1n) is 6.75. The molecule has 0 aromatic heterocycles. The van der Waals surface area contributed by atoms with E-state index in [9.17, 15) is 4.79 Å². The number of amides is 1. The van der Waals surface area contributed by atoms with Crippen LogP contribution in [0, 0.1) is 19.8 Å². The highest BCUT2D eigenvalue weighted by Crippen LogP contribution is 2.17. The van der Waals surface area contributed by atoms with Crippen molar-refractivity contribution >= 4 is 12.0 Å². The summed E-state index contributed by atoms with van der Waals surface area (Å²) < 4.78 is 0. The Morgan fingerprint density at radius 2 is 2.26 bits per heavy atom. The maximum atomic E-state index is 12.0. The van der Waals surface area contributed by atoms with Gasteiger partial charge in [0, 0.05) is 31.7 Å². The molecule has 1 N–H and O–H groups in total. The number of rotatable bonds is 3. The number of likely N-dealkylation sites (tertiary alicyclic amines) is 1. The second kappa shape index (κ2) is 6.02. The molecule has 19 heavy (non-hydrogen) atoms. The van der Waals surface area contributed by atoms with E-state index < -0.39 is 0 Å². The third-order valence-corrected chi connectivity index (χ3v) is 3.69. The number of aliphatic hydroxyl groups is 1. The zero-order valence-corrected chi connectivity index (χ0v) is 11.6. The maximum Gasteiger partial charge on any atom is 0.246 e. The fraction of sp³-hybridized carbons (Fsp3) is 0.438. The highest BCUT2D eigenvalue weighted by atomic mass is 16.3. The van der Waals surface area contributed by atoms with E-state index in [0.29, 0.717) is 6.54 Å². The van der Waals surface area contributed by atoms with Gasteiger partial charge in [0.15, 0.2) is 0 Å². The van der Waals surface area contributed by atoms with Crippen LogP contribution in [-0.2, 0) is 4.79 Å². The zero-order valence-electron chi connectivity index (χ0n) is 11.6. The Bertz CT molecular complexity index is 494. The SMILES string of the molecule is Cc1ccc(/C=C/C(=O)N2CCC(CO)C2)c(C)c1. The molecule has 0 spiro atoms. The third-order valence-electron chi connectivity index (χ3n) is 3.69. The highest BCUT2D eigenvalue weighted by Gasteiger charge is 2.23. The average Bonchev–Trinajstić information content (AvgIpc) is 2.86. The summed E-state index contributed by atoms with van der Waals surface area (Å²) in [6.45, 7) is 5.71. The van der Waals surface area contributed by atoms with Crippen LogP contribution in [-0.4, -0.2) is 35.6 Å². The second-order valence-corrected chi connectivity index (χ2v) is 5.31. The standard InChI is InChI=1S/C16H21NO2/c1-12-3-4-15(13(2)9-12)5-6-16(19)17-8-7-14(10-17)11-18/h3-6,9,14,18H,7-8,10-11H2,1-2H3/b6-5+. The van der Waals surface area contributed by atoms with Gasteiger partial charge in [-0.1, -0.05) is 23.8 Å². The Labute approximate surface area is 114 Å². The number of benzene rings is 1. The third kappa shape index (κ3) is 3.44. The van der Waals surface area contributed by atoms with Crippen LogP contribution in [0.2, 0.25) is 0 Å². The molecule has 1 aliphatic heterocycles. The lowest BCUT2D eigenvalue weighted by molar-refractivity contribution is -0.125. The fourth-order valence-electron chi connectivity index (χ4n) is 2.46. The van der Waals surface area contributed by atoms with Gasteiger partial charge >= 0.3 is 0 Å². The molecular weight excluding hydrogens is 238 g/mol. The predicted molar refractivity (Wildman–Crippen MR) is 76.7 cm³/mol. The quantitative estimate of drug-likeness (QED) is 0.845. The van der Waals surface area contributed by atoms with Crippen molar-refractivity contribution in [2.24, 2.45) is 5.92 Å². The summed E-state index contributed by atoms with van der Waals surface area (Å²) in [6.07, 6.45) is 4.42. The van der Waals surface area contributed by atoms with E-state index in [1.165, 1.54) is 11.1 Å². The molecule has 0 saturated carbocycles. The van der Waals surface area contributed by atoms with Crippen molar-refractivity contribution in [2.45, 2.75) is 20.3 Å². The molecule has 0 aliphatic carbocycles. The summed E-state index contributed by atoms with van der Waals surface area (Å²) in [5.41, 5.74) is 3.49. The summed E-state index contributed by atoms with van der Waals surface area (Å²) in [5.74, 6) is 0.286. The van der Waals surface area contributed by atoms with Gasteiger partial charge in [0.1, 0.15) is 0 Å². The van der Waals surface area contributed by atoms with Crippen molar-refractivity contribution in [1.82, 2.24) is 4.90 Å². The molecule has 1 atom stereocenters. The number of carbonyl (C=O) groups excluding carboxylic acids is 1. The summed E-state index contributed by atoms with van der Waals surface area (Å²) in [4.78, 5) is 13.8. The molecule has 0 bridgehead atoms. The van der Waals surface area contributed by atoms with Gasteiger partial charge in [-0.25, -0.2) is 0 Å². The Morgan fingerprint density at radius 1 is 1.47 bits per heavy atom. The van der Waals surface area contributed by atoms with E-state index in [1.807, 2.05) is 12.1 Å². The van der Waals surface area contributed by atoms with Crippen molar-refractivity contribution in [1.29, 1.82) is 0 Å². The van der Waals surface area contributed by atoms with E-state index >= 15 is 0 Å². The lowest BCUT2D eigenvalue weighted by atomic mass is 10.1. The van der Waals surface area contributed by atoms with Crippen molar-refractivity contribution < 1.29 is 9.90 Å². The topological polar surface area (TPSA) is 40.5 Å².